The molecule has 3 nitrogen and oxygen atoms in total. The van der Waals surface area contributed by atoms with Crippen LogP contribution < -0.4 is 5.73 Å². The number of oxazole rings is 1. The molecule has 2 aromatic rings. The molecule has 0 spiro atoms. The molecule has 0 saturated carbocycles. The van der Waals surface area contributed by atoms with E-state index in [2.05, 4.69) is 43.1 Å². The SMILES string of the molecule is CCC(C)c1ccc(-c2nc(CCN)co2)cc1. The molecule has 96 valence electrons. The summed E-state index contributed by atoms with van der Waals surface area (Å²) in [7, 11) is 0. The van der Waals surface area contributed by atoms with Gasteiger partial charge in [0.1, 0.15) is 6.26 Å². The van der Waals surface area contributed by atoms with Crippen LogP contribution in [0.1, 0.15) is 37.4 Å². The highest BCUT2D eigenvalue weighted by atomic mass is 16.3. The number of aromatic nitrogens is 1. The summed E-state index contributed by atoms with van der Waals surface area (Å²) in [5.41, 5.74) is 8.79. The molecule has 1 aromatic heterocycles. The average Bonchev–Trinajstić information content (AvgIpc) is 2.87. The minimum Gasteiger partial charge on any atom is -0.444 e. The highest BCUT2D eigenvalue weighted by Gasteiger charge is 2.07. The van der Waals surface area contributed by atoms with Crippen LogP contribution in [0.4, 0.5) is 0 Å². The molecule has 18 heavy (non-hydrogen) atoms. The van der Waals surface area contributed by atoms with Crippen LogP contribution in [0.15, 0.2) is 34.9 Å². The molecular weight excluding hydrogens is 224 g/mol. The Labute approximate surface area is 108 Å². The summed E-state index contributed by atoms with van der Waals surface area (Å²) in [5.74, 6) is 1.27. The van der Waals surface area contributed by atoms with E-state index < -0.39 is 0 Å². The molecule has 0 fully saturated rings. The van der Waals surface area contributed by atoms with Gasteiger partial charge >= 0.3 is 0 Å². The molecule has 0 amide bonds. The maximum absolute atomic E-state index is 5.50. The largest absolute Gasteiger partial charge is 0.444 e. The molecular formula is C15H20N2O. The van der Waals surface area contributed by atoms with E-state index in [0.717, 1.165) is 24.1 Å². The molecule has 1 aromatic carbocycles. The van der Waals surface area contributed by atoms with Gasteiger partial charge in [-0.3, -0.25) is 0 Å². The molecule has 0 aliphatic carbocycles. The molecule has 0 aliphatic rings. The molecule has 0 aliphatic heterocycles. The zero-order valence-electron chi connectivity index (χ0n) is 11.0. The molecule has 1 heterocycles. The highest BCUT2D eigenvalue weighted by Crippen LogP contribution is 2.23. The minimum absolute atomic E-state index is 0.594. The summed E-state index contributed by atoms with van der Waals surface area (Å²) in [4.78, 5) is 4.42. The third-order valence-corrected chi connectivity index (χ3v) is 3.29. The molecule has 0 bridgehead atoms. The van der Waals surface area contributed by atoms with Gasteiger partial charge in [0.05, 0.1) is 5.69 Å². The van der Waals surface area contributed by atoms with Gasteiger partial charge in [-0.2, -0.15) is 0 Å². The molecule has 2 rings (SSSR count). The lowest BCUT2D eigenvalue weighted by molar-refractivity contribution is 0.572. The van der Waals surface area contributed by atoms with Crippen LogP contribution in [0.5, 0.6) is 0 Å². The van der Waals surface area contributed by atoms with Crippen molar-refractivity contribution < 1.29 is 4.42 Å². The van der Waals surface area contributed by atoms with Gasteiger partial charge in [-0.05, 0) is 36.6 Å². The van der Waals surface area contributed by atoms with E-state index in [1.54, 1.807) is 6.26 Å². The Morgan fingerprint density at radius 1 is 1.28 bits per heavy atom. The first-order valence-electron chi connectivity index (χ1n) is 6.49. The van der Waals surface area contributed by atoms with Crippen molar-refractivity contribution in [1.82, 2.24) is 4.98 Å². The first kappa shape index (κ1) is 12.8. The Morgan fingerprint density at radius 2 is 2.00 bits per heavy atom. The van der Waals surface area contributed by atoms with Crippen molar-refractivity contribution in [2.45, 2.75) is 32.6 Å². The zero-order chi connectivity index (χ0) is 13.0. The molecule has 2 N–H and O–H groups in total. The van der Waals surface area contributed by atoms with Crippen LogP contribution in [-0.2, 0) is 6.42 Å². The van der Waals surface area contributed by atoms with Gasteiger partial charge in [0.25, 0.3) is 0 Å². The van der Waals surface area contributed by atoms with Gasteiger partial charge in [-0.1, -0.05) is 26.0 Å². The van der Waals surface area contributed by atoms with E-state index in [-0.39, 0.29) is 0 Å². The highest BCUT2D eigenvalue weighted by molar-refractivity contribution is 5.54. The quantitative estimate of drug-likeness (QED) is 0.877. The maximum atomic E-state index is 5.50. The van der Waals surface area contributed by atoms with Crippen molar-refractivity contribution >= 4 is 0 Å². The predicted molar refractivity (Wildman–Crippen MR) is 73.4 cm³/mol. The summed E-state index contributed by atoms with van der Waals surface area (Å²) in [6, 6.07) is 8.44. The van der Waals surface area contributed by atoms with Gasteiger partial charge in [-0.25, -0.2) is 4.98 Å². The van der Waals surface area contributed by atoms with E-state index in [1.165, 1.54) is 5.56 Å². The average molecular weight is 244 g/mol. The molecule has 3 heteroatoms. The van der Waals surface area contributed by atoms with Crippen molar-refractivity contribution in [3.63, 3.8) is 0 Å². The first-order chi connectivity index (χ1) is 8.74. The first-order valence-corrected chi connectivity index (χ1v) is 6.49. The fourth-order valence-electron chi connectivity index (χ4n) is 1.89. The fraction of sp³-hybridized carbons (Fsp3) is 0.400. The third kappa shape index (κ3) is 2.79. The lowest BCUT2D eigenvalue weighted by Gasteiger charge is -2.08. The van der Waals surface area contributed by atoms with Gasteiger partial charge in [-0.15, -0.1) is 0 Å². The van der Waals surface area contributed by atoms with Crippen LogP contribution in [0.2, 0.25) is 0 Å². The summed E-state index contributed by atoms with van der Waals surface area (Å²) in [6.07, 6.45) is 3.60. The monoisotopic (exact) mass is 244 g/mol. The maximum Gasteiger partial charge on any atom is 0.226 e. The Hall–Kier alpha value is -1.61. The number of rotatable bonds is 5. The van der Waals surface area contributed by atoms with Crippen LogP contribution in [-0.4, -0.2) is 11.5 Å². The number of hydrogen-bond acceptors (Lipinski definition) is 3. The summed E-state index contributed by atoms with van der Waals surface area (Å²) in [6.45, 7) is 5.03. The normalized spacial score (nSPS) is 12.6. The number of nitrogens with two attached hydrogens (primary N) is 1. The van der Waals surface area contributed by atoms with E-state index in [4.69, 9.17) is 10.2 Å². The second-order valence-corrected chi connectivity index (χ2v) is 4.61. The van der Waals surface area contributed by atoms with Crippen molar-refractivity contribution in [3.8, 4) is 11.5 Å². The van der Waals surface area contributed by atoms with Crippen LogP contribution in [0.25, 0.3) is 11.5 Å². The van der Waals surface area contributed by atoms with E-state index in [9.17, 15) is 0 Å². The lowest BCUT2D eigenvalue weighted by atomic mass is 9.98. The lowest BCUT2D eigenvalue weighted by Crippen LogP contribution is -2.02. The fourth-order valence-corrected chi connectivity index (χ4v) is 1.89. The smallest absolute Gasteiger partial charge is 0.226 e. The third-order valence-electron chi connectivity index (χ3n) is 3.29. The van der Waals surface area contributed by atoms with Crippen molar-refractivity contribution in [3.05, 3.63) is 41.8 Å². The predicted octanol–water partition coefficient (Wildman–Crippen LogP) is 3.36. The topological polar surface area (TPSA) is 52.0 Å². The Bertz CT molecular complexity index is 487. The van der Waals surface area contributed by atoms with E-state index in [0.29, 0.717) is 18.4 Å². The Morgan fingerprint density at radius 3 is 2.61 bits per heavy atom. The number of hydrogen-bond donors (Lipinski definition) is 1. The van der Waals surface area contributed by atoms with Gasteiger partial charge < -0.3 is 10.2 Å². The molecule has 0 saturated heterocycles. The van der Waals surface area contributed by atoms with Crippen LogP contribution in [0, 0.1) is 0 Å². The van der Waals surface area contributed by atoms with Gasteiger partial charge in [0.2, 0.25) is 5.89 Å². The van der Waals surface area contributed by atoms with Crippen LogP contribution >= 0.6 is 0 Å². The van der Waals surface area contributed by atoms with Gasteiger partial charge in [0.15, 0.2) is 0 Å². The standard InChI is InChI=1S/C15H20N2O/c1-3-11(2)12-4-6-13(7-5-12)15-17-14(8-9-16)10-18-15/h4-7,10-11H,3,8-9,16H2,1-2H3. The van der Waals surface area contributed by atoms with Crippen molar-refractivity contribution in [1.29, 1.82) is 0 Å². The molecule has 1 unspecified atom stereocenters. The summed E-state index contributed by atoms with van der Waals surface area (Å²) in [5, 5.41) is 0. The summed E-state index contributed by atoms with van der Waals surface area (Å²) < 4.78 is 5.46. The summed E-state index contributed by atoms with van der Waals surface area (Å²) >= 11 is 0. The zero-order valence-corrected chi connectivity index (χ0v) is 11.0. The number of benzene rings is 1. The minimum atomic E-state index is 0.594. The van der Waals surface area contributed by atoms with Gasteiger partial charge in [0, 0.05) is 12.0 Å². The van der Waals surface area contributed by atoms with Crippen molar-refractivity contribution in [2.75, 3.05) is 6.54 Å². The van der Waals surface area contributed by atoms with E-state index in [1.807, 2.05) is 0 Å². The second kappa shape index (κ2) is 5.83. The molecule has 0 radical (unpaired) electrons. The number of nitrogens with zero attached hydrogens (tertiary/aromatic N) is 1. The van der Waals surface area contributed by atoms with Crippen molar-refractivity contribution in [2.24, 2.45) is 5.73 Å². The van der Waals surface area contributed by atoms with Crippen LogP contribution in [0.3, 0.4) is 0 Å². The Kier molecular flexibility index (Phi) is 4.15. The van der Waals surface area contributed by atoms with E-state index >= 15 is 0 Å². The Balaban J connectivity index is 2.17. The second-order valence-electron chi connectivity index (χ2n) is 4.61. The molecule has 1 atom stereocenters.